The van der Waals surface area contributed by atoms with E-state index in [0.29, 0.717) is 34.5 Å². The lowest BCUT2D eigenvalue weighted by Gasteiger charge is -2.52. The molecule has 2 saturated carbocycles. The summed E-state index contributed by atoms with van der Waals surface area (Å²) in [6.45, 7) is 2.16. The number of nitrogens with zero attached hydrogens (tertiary/aromatic N) is 2. The molecule has 3 aliphatic rings. The predicted molar refractivity (Wildman–Crippen MR) is 147 cm³/mol. The van der Waals surface area contributed by atoms with E-state index in [9.17, 15) is 9.90 Å². The summed E-state index contributed by atoms with van der Waals surface area (Å²) in [4.78, 5) is 17.1. The average Bonchev–Trinajstić information content (AvgIpc) is 3.50. The van der Waals surface area contributed by atoms with E-state index in [1.165, 1.54) is 6.07 Å². The van der Waals surface area contributed by atoms with E-state index in [4.69, 9.17) is 11.6 Å². The topological polar surface area (TPSA) is 79.2 Å². The predicted octanol–water partition coefficient (Wildman–Crippen LogP) is 6.79. The van der Waals surface area contributed by atoms with Gasteiger partial charge in [-0.25, -0.2) is 14.2 Å². The molecule has 0 radical (unpaired) electrons. The third-order valence-corrected chi connectivity index (χ3v) is 9.65. The SMILES string of the molecule is CCC1(C(O)CC2c3c(F)cccc3-c3cncn32)CC2CCC(NC(=O)Nc3ccc(Cl)cc3)C(C2)C1. The van der Waals surface area contributed by atoms with Gasteiger partial charge >= 0.3 is 6.03 Å². The number of rotatable bonds is 6. The van der Waals surface area contributed by atoms with Crippen molar-refractivity contribution in [3.8, 4) is 11.3 Å². The minimum Gasteiger partial charge on any atom is -0.392 e. The maximum atomic E-state index is 15.0. The smallest absolute Gasteiger partial charge is 0.319 e. The molecule has 0 spiro atoms. The molecule has 38 heavy (non-hydrogen) atoms. The first-order valence-corrected chi connectivity index (χ1v) is 14.1. The fourth-order valence-electron chi connectivity index (χ4n) is 7.50. The Labute approximate surface area is 227 Å². The summed E-state index contributed by atoms with van der Waals surface area (Å²) in [7, 11) is 0. The molecule has 2 aliphatic carbocycles. The number of carbonyl (C=O) groups is 1. The van der Waals surface area contributed by atoms with E-state index in [2.05, 4.69) is 22.5 Å². The fourth-order valence-corrected chi connectivity index (χ4v) is 7.63. The van der Waals surface area contributed by atoms with E-state index in [0.717, 1.165) is 49.8 Å². The number of benzene rings is 2. The van der Waals surface area contributed by atoms with E-state index < -0.39 is 6.10 Å². The largest absolute Gasteiger partial charge is 0.392 e. The number of imidazole rings is 1. The van der Waals surface area contributed by atoms with Crippen molar-refractivity contribution < 1.29 is 14.3 Å². The minimum absolute atomic E-state index is 0.0573. The van der Waals surface area contributed by atoms with Gasteiger partial charge in [0.25, 0.3) is 0 Å². The molecule has 3 aromatic rings. The fraction of sp³-hybridized carbons (Fsp3) is 0.467. The molecule has 200 valence electrons. The zero-order valence-electron chi connectivity index (χ0n) is 21.5. The molecule has 3 N–H and O–H groups in total. The van der Waals surface area contributed by atoms with Crippen LogP contribution in [0.15, 0.2) is 55.0 Å². The lowest BCUT2D eigenvalue weighted by atomic mass is 9.56. The lowest BCUT2D eigenvalue weighted by Crippen LogP contribution is -2.52. The van der Waals surface area contributed by atoms with E-state index in [1.54, 1.807) is 42.9 Å². The Morgan fingerprint density at radius 3 is 2.84 bits per heavy atom. The number of anilines is 1. The highest BCUT2D eigenvalue weighted by Crippen LogP contribution is 2.54. The number of aromatic nitrogens is 2. The number of hydrogen-bond acceptors (Lipinski definition) is 3. The van der Waals surface area contributed by atoms with Crippen molar-refractivity contribution in [2.75, 3.05) is 5.32 Å². The summed E-state index contributed by atoms with van der Waals surface area (Å²) in [5.41, 5.74) is 2.85. The van der Waals surface area contributed by atoms with Crippen LogP contribution in [-0.2, 0) is 0 Å². The van der Waals surface area contributed by atoms with Crippen LogP contribution in [0.1, 0.15) is 63.5 Å². The Hall–Kier alpha value is -2.90. The highest BCUT2D eigenvalue weighted by atomic mass is 35.5. The molecule has 6 atom stereocenters. The Kier molecular flexibility index (Phi) is 6.68. The van der Waals surface area contributed by atoms with Crippen molar-refractivity contribution >= 4 is 23.3 Å². The van der Waals surface area contributed by atoms with Crippen LogP contribution in [0.4, 0.5) is 14.9 Å². The minimum atomic E-state index is -0.592. The summed E-state index contributed by atoms with van der Waals surface area (Å²) in [6, 6.07) is 11.8. The van der Waals surface area contributed by atoms with Crippen molar-refractivity contribution in [1.29, 1.82) is 0 Å². The van der Waals surface area contributed by atoms with Crippen LogP contribution in [0, 0.1) is 23.1 Å². The molecule has 6 unspecified atom stereocenters. The van der Waals surface area contributed by atoms with Crippen LogP contribution in [0.5, 0.6) is 0 Å². The van der Waals surface area contributed by atoms with Crippen molar-refractivity contribution in [2.45, 2.75) is 70.1 Å². The summed E-state index contributed by atoms with van der Waals surface area (Å²) in [6.07, 6.45) is 9.08. The summed E-state index contributed by atoms with van der Waals surface area (Å²) in [5.74, 6) is 0.590. The molecule has 1 aliphatic heterocycles. The van der Waals surface area contributed by atoms with Gasteiger partial charge in [0.05, 0.1) is 30.4 Å². The van der Waals surface area contributed by atoms with Gasteiger partial charge in [0.1, 0.15) is 5.82 Å². The van der Waals surface area contributed by atoms with Gasteiger partial charge in [-0.1, -0.05) is 30.7 Å². The first-order chi connectivity index (χ1) is 18.4. The Balaban J connectivity index is 1.18. The van der Waals surface area contributed by atoms with E-state index >= 15 is 4.39 Å². The van der Waals surface area contributed by atoms with Crippen LogP contribution in [0.25, 0.3) is 11.3 Å². The second kappa shape index (κ2) is 10.0. The van der Waals surface area contributed by atoms with Gasteiger partial charge in [-0.15, -0.1) is 0 Å². The van der Waals surface area contributed by atoms with Crippen LogP contribution in [0.3, 0.4) is 0 Å². The van der Waals surface area contributed by atoms with Crippen molar-refractivity contribution in [1.82, 2.24) is 14.9 Å². The van der Waals surface area contributed by atoms with Gasteiger partial charge in [0.2, 0.25) is 0 Å². The van der Waals surface area contributed by atoms with Gasteiger partial charge in [-0.05, 0) is 92.5 Å². The molecule has 2 bridgehead atoms. The number of hydrogen-bond donors (Lipinski definition) is 3. The summed E-state index contributed by atoms with van der Waals surface area (Å²) >= 11 is 5.96. The van der Waals surface area contributed by atoms with Crippen LogP contribution < -0.4 is 10.6 Å². The van der Waals surface area contributed by atoms with Crippen molar-refractivity contribution in [2.24, 2.45) is 17.3 Å². The summed E-state index contributed by atoms with van der Waals surface area (Å²) < 4.78 is 17.0. The Morgan fingerprint density at radius 2 is 2.05 bits per heavy atom. The molecule has 2 heterocycles. The van der Waals surface area contributed by atoms with E-state index in [-0.39, 0.29) is 29.3 Å². The zero-order chi connectivity index (χ0) is 26.4. The monoisotopic (exact) mass is 536 g/mol. The number of urea groups is 1. The number of aliphatic hydroxyl groups excluding tert-OH is 1. The van der Waals surface area contributed by atoms with Crippen molar-refractivity contribution in [3.63, 3.8) is 0 Å². The maximum Gasteiger partial charge on any atom is 0.319 e. The number of carbonyl (C=O) groups excluding carboxylic acids is 1. The quantitative estimate of drug-likeness (QED) is 0.324. The molecule has 2 fully saturated rings. The number of aliphatic hydroxyl groups is 1. The normalized spacial score (nSPS) is 28.3. The second-order valence-corrected chi connectivity index (χ2v) is 11.9. The maximum absolute atomic E-state index is 15.0. The third kappa shape index (κ3) is 4.50. The standard InChI is InChI=1S/C30H34ClFN4O2/c1-2-30(27(37)13-25-28-22(4-3-5-23(28)32)26-16-33-17-36(25)26)14-18-6-11-24(19(12-18)15-30)35-29(38)34-21-9-7-20(31)8-10-21/h3-5,7-10,16-19,24-25,27,37H,2,6,11-15H2,1H3,(H2,34,35,38). The van der Waals surface area contributed by atoms with Gasteiger partial charge in [-0.3, -0.25) is 0 Å². The number of nitrogens with one attached hydrogen (secondary N) is 2. The number of fused-ring (bicyclic) bond motifs is 5. The lowest BCUT2D eigenvalue weighted by molar-refractivity contribution is -0.0663. The molecule has 0 saturated heterocycles. The average molecular weight is 537 g/mol. The van der Waals surface area contributed by atoms with Crippen LogP contribution >= 0.6 is 11.6 Å². The molecule has 6 nitrogen and oxygen atoms in total. The molecule has 2 aromatic carbocycles. The third-order valence-electron chi connectivity index (χ3n) is 9.39. The van der Waals surface area contributed by atoms with Gasteiger partial charge in [0, 0.05) is 27.9 Å². The highest BCUT2D eigenvalue weighted by molar-refractivity contribution is 6.30. The zero-order valence-corrected chi connectivity index (χ0v) is 22.3. The molecule has 2 amide bonds. The Morgan fingerprint density at radius 1 is 1.24 bits per heavy atom. The molecular formula is C30H34ClFN4O2. The van der Waals surface area contributed by atoms with Crippen molar-refractivity contribution in [3.05, 3.63) is 71.4 Å². The highest BCUT2D eigenvalue weighted by Gasteiger charge is 2.49. The number of amides is 2. The molecular weight excluding hydrogens is 503 g/mol. The Bertz CT molecular complexity index is 1330. The van der Waals surface area contributed by atoms with Crippen LogP contribution in [0.2, 0.25) is 5.02 Å². The first kappa shape index (κ1) is 25.4. The second-order valence-electron chi connectivity index (χ2n) is 11.4. The molecule has 6 rings (SSSR count). The van der Waals surface area contributed by atoms with Gasteiger partial charge < -0.3 is 20.3 Å². The molecule has 1 aromatic heterocycles. The molecule has 8 heteroatoms. The van der Waals surface area contributed by atoms with Gasteiger partial charge in [-0.2, -0.15) is 0 Å². The van der Waals surface area contributed by atoms with E-state index in [1.807, 2.05) is 10.6 Å². The van der Waals surface area contributed by atoms with Crippen LogP contribution in [-0.4, -0.2) is 32.8 Å². The first-order valence-electron chi connectivity index (χ1n) is 13.7. The van der Waals surface area contributed by atoms with Gasteiger partial charge in [0.15, 0.2) is 0 Å². The summed E-state index contributed by atoms with van der Waals surface area (Å²) in [5, 5.41) is 18.6. The number of halogens is 2.